The molecule has 0 aliphatic rings. The third-order valence-corrected chi connectivity index (χ3v) is 5.40. The van der Waals surface area contributed by atoms with Crippen LogP contribution in [0.1, 0.15) is 23.6 Å². The van der Waals surface area contributed by atoms with Gasteiger partial charge in [0.05, 0.1) is 22.2 Å². The lowest BCUT2D eigenvalue weighted by atomic mass is 10.1. The van der Waals surface area contributed by atoms with Gasteiger partial charge in [-0.05, 0) is 42.3 Å². The van der Waals surface area contributed by atoms with Crippen LogP contribution >= 0.6 is 0 Å². The van der Waals surface area contributed by atoms with Crippen LogP contribution in [-0.4, -0.2) is 32.5 Å². The summed E-state index contributed by atoms with van der Waals surface area (Å²) in [4.78, 5) is 5.55. The van der Waals surface area contributed by atoms with Crippen LogP contribution in [0.15, 0.2) is 58.6 Å². The van der Waals surface area contributed by atoms with Gasteiger partial charge in [0.25, 0.3) is 0 Å². The predicted octanol–water partition coefficient (Wildman–Crippen LogP) is 2.75. The second kappa shape index (κ2) is 7.92. The van der Waals surface area contributed by atoms with E-state index in [0.29, 0.717) is 11.3 Å². The average molecular weight is 357 g/mol. The summed E-state index contributed by atoms with van der Waals surface area (Å²) in [5.41, 5.74) is 2.92. The summed E-state index contributed by atoms with van der Waals surface area (Å²) in [5, 5.41) is 12.8. The topological polar surface area (TPSA) is 82.8 Å². The van der Waals surface area contributed by atoms with Crippen LogP contribution in [0.4, 0.5) is 0 Å². The summed E-state index contributed by atoms with van der Waals surface area (Å²) in [6.45, 7) is 2.07. The number of oxime groups is 1. The molecule has 7 heteroatoms. The first-order chi connectivity index (χ1) is 11.8. The third kappa shape index (κ3) is 4.66. The van der Waals surface area contributed by atoms with Crippen LogP contribution in [0.2, 0.25) is 0 Å². The number of rotatable bonds is 6. The van der Waals surface area contributed by atoms with E-state index in [1.807, 2.05) is 12.1 Å². The highest BCUT2D eigenvalue weighted by molar-refractivity contribution is 7.89. The lowest BCUT2D eigenvalue weighted by Gasteiger charge is -2.11. The lowest BCUT2D eigenvalue weighted by Crippen LogP contribution is -2.22. The minimum atomic E-state index is -3.44. The van der Waals surface area contributed by atoms with Crippen molar-refractivity contribution < 1.29 is 13.3 Å². The largest absolute Gasteiger partial charge is 0.391 e. The molecule has 2 aromatic carbocycles. The van der Waals surface area contributed by atoms with E-state index in [-0.39, 0.29) is 11.5 Å². The second-order valence-electron chi connectivity index (χ2n) is 5.57. The molecule has 0 unspecified atom stereocenters. The van der Waals surface area contributed by atoms with E-state index in [1.165, 1.54) is 18.4 Å². The molecular weight excluding hydrogens is 338 g/mol. The van der Waals surface area contributed by atoms with Gasteiger partial charge >= 0.3 is 0 Å². The first-order valence-electron chi connectivity index (χ1n) is 7.53. The zero-order valence-corrected chi connectivity index (χ0v) is 15.1. The van der Waals surface area contributed by atoms with Crippen LogP contribution in [0, 0.1) is 11.3 Å². The predicted molar refractivity (Wildman–Crippen MR) is 95.5 cm³/mol. The number of nitriles is 1. The summed E-state index contributed by atoms with van der Waals surface area (Å²) < 4.78 is 25.2. The fraction of sp³-hybridized carbons (Fsp3) is 0.222. The summed E-state index contributed by atoms with van der Waals surface area (Å²) in [6.07, 6.45) is 0. The van der Waals surface area contributed by atoms with Gasteiger partial charge in [0.2, 0.25) is 10.0 Å². The Bertz CT molecular complexity index is 894. The zero-order valence-electron chi connectivity index (χ0n) is 14.3. The summed E-state index contributed by atoms with van der Waals surface area (Å²) in [7, 11) is -0.453. The van der Waals surface area contributed by atoms with E-state index in [0.717, 1.165) is 11.1 Å². The van der Waals surface area contributed by atoms with E-state index >= 15 is 0 Å². The van der Waals surface area contributed by atoms with Crippen molar-refractivity contribution in [2.75, 3.05) is 14.1 Å². The van der Waals surface area contributed by atoms with Crippen molar-refractivity contribution in [1.29, 1.82) is 5.26 Å². The standard InChI is InChI=1S/C18H19N3O3S/c1-14(20-24-13-16-6-4-15(12-19)5-7-16)17-8-10-18(11-9-17)25(22,23)21(2)3/h4-11H,13H2,1-3H3/b20-14-. The van der Waals surface area contributed by atoms with Crippen LogP contribution in [0.5, 0.6) is 0 Å². The van der Waals surface area contributed by atoms with E-state index in [2.05, 4.69) is 11.2 Å². The maximum atomic E-state index is 12.0. The molecule has 25 heavy (non-hydrogen) atoms. The van der Waals surface area contributed by atoms with Gasteiger partial charge in [-0.15, -0.1) is 0 Å². The van der Waals surface area contributed by atoms with Gasteiger partial charge < -0.3 is 4.84 Å². The lowest BCUT2D eigenvalue weighted by molar-refractivity contribution is 0.130. The Morgan fingerprint density at radius 2 is 1.72 bits per heavy atom. The van der Waals surface area contributed by atoms with Gasteiger partial charge in [0, 0.05) is 14.1 Å². The summed E-state index contributed by atoms with van der Waals surface area (Å²) in [6, 6.07) is 15.6. The van der Waals surface area contributed by atoms with Crippen molar-refractivity contribution in [3.05, 3.63) is 65.2 Å². The molecule has 2 rings (SSSR count). The van der Waals surface area contributed by atoms with Crippen LogP contribution in [0.25, 0.3) is 0 Å². The fourth-order valence-corrected chi connectivity index (χ4v) is 2.91. The van der Waals surface area contributed by atoms with Gasteiger partial charge in [-0.1, -0.05) is 29.4 Å². The molecule has 130 valence electrons. The number of nitrogens with zero attached hydrogens (tertiary/aromatic N) is 3. The van der Waals surface area contributed by atoms with Gasteiger partial charge in [0.1, 0.15) is 6.61 Å². The minimum Gasteiger partial charge on any atom is -0.391 e. The zero-order chi connectivity index (χ0) is 18.4. The molecule has 0 saturated carbocycles. The second-order valence-corrected chi connectivity index (χ2v) is 7.72. The van der Waals surface area contributed by atoms with Crippen molar-refractivity contribution in [1.82, 2.24) is 4.31 Å². The minimum absolute atomic E-state index is 0.229. The van der Waals surface area contributed by atoms with Crippen molar-refractivity contribution >= 4 is 15.7 Å². The highest BCUT2D eigenvalue weighted by Gasteiger charge is 2.16. The van der Waals surface area contributed by atoms with Crippen LogP contribution < -0.4 is 0 Å². The molecule has 0 spiro atoms. The molecule has 6 nitrogen and oxygen atoms in total. The summed E-state index contributed by atoms with van der Waals surface area (Å²) >= 11 is 0. The maximum Gasteiger partial charge on any atom is 0.242 e. The van der Waals surface area contributed by atoms with Gasteiger partial charge in [-0.25, -0.2) is 12.7 Å². The SMILES string of the molecule is C/C(=N/OCc1ccc(C#N)cc1)c1ccc(S(=O)(=O)N(C)C)cc1. The third-order valence-electron chi connectivity index (χ3n) is 3.57. The molecule has 2 aromatic rings. The normalized spacial score (nSPS) is 12.0. The van der Waals surface area contributed by atoms with Crippen LogP contribution in [0.3, 0.4) is 0 Å². The summed E-state index contributed by atoms with van der Waals surface area (Å²) in [5.74, 6) is 0. The average Bonchev–Trinajstić information content (AvgIpc) is 2.62. The maximum absolute atomic E-state index is 12.0. The number of hydrogen-bond donors (Lipinski definition) is 0. The van der Waals surface area contributed by atoms with Crippen molar-refractivity contribution in [3.63, 3.8) is 0 Å². The molecule has 0 heterocycles. The Labute approximate surface area is 148 Å². The molecule has 0 fully saturated rings. The quantitative estimate of drug-likeness (QED) is 0.588. The van der Waals surface area contributed by atoms with Crippen LogP contribution in [-0.2, 0) is 21.5 Å². The van der Waals surface area contributed by atoms with Gasteiger partial charge in [-0.2, -0.15) is 5.26 Å². The van der Waals surface area contributed by atoms with Crippen molar-refractivity contribution in [3.8, 4) is 6.07 Å². The highest BCUT2D eigenvalue weighted by Crippen LogP contribution is 2.14. The van der Waals surface area contributed by atoms with E-state index in [1.54, 1.807) is 43.3 Å². The highest BCUT2D eigenvalue weighted by atomic mass is 32.2. The van der Waals surface area contributed by atoms with Crippen molar-refractivity contribution in [2.24, 2.45) is 5.16 Å². The molecule has 0 N–H and O–H groups in total. The number of sulfonamides is 1. The molecule has 0 aliphatic carbocycles. The Morgan fingerprint density at radius 1 is 1.12 bits per heavy atom. The van der Waals surface area contributed by atoms with Crippen molar-refractivity contribution in [2.45, 2.75) is 18.4 Å². The smallest absolute Gasteiger partial charge is 0.242 e. The molecule has 0 aromatic heterocycles. The first kappa shape index (κ1) is 18.6. The Hall–Kier alpha value is -2.69. The van der Waals surface area contributed by atoms with E-state index in [9.17, 15) is 8.42 Å². The van der Waals surface area contributed by atoms with E-state index < -0.39 is 10.0 Å². The molecular formula is C18H19N3O3S. The molecule has 0 amide bonds. The van der Waals surface area contributed by atoms with E-state index in [4.69, 9.17) is 10.1 Å². The molecule has 0 bridgehead atoms. The Balaban J connectivity index is 2.03. The monoisotopic (exact) mass is 357 g/mol. The number of hydrogen-bond acceptors (Lipinski definition) is 5. The number of benzene rings is 2. The van der Waals surface area contributed by atoms with Gasteiger partial charge in [0.15, 0.2) is 0 Å². The fourth-order valence-electron chi connectivity index (χ4n) is 2.01. The molecule has 0 aliphatic heterocycles. The Morgan fingerprint density at radius 3 is 2.24 bits per heavy atom. The van der Waals surface area contributed by atoms with Gasteiger partial charge in [-0.3, -0.25) is 0 Å². The molecule has 0 saturated heterocycles. The molecule has 0 atom stereocenters. The first-order valence-corrected chi connectivity index (χ1v) is 8.97. The molecule has 0 radical (unpaired) electrons. The Kier molecular flexibility index (Phi) is 5.91.